The summed E-state index contributed by atoms with van der Waals surface area (Å²) in [6.07, 6.45) is 4.61. The molecule has 1 aromatic carbocycles. The molecule has 120 valence electrons. The zero-order valence-electron chi connectivity index (χ0n) is 13.1. The normalized spacial score (nSPS) is 26.7. The number of hydrogen-bond donors (Lipinski definition) is 0. The lowest BCUT2D eigenvalue weighted by atomic mass is 9.95. The molecule has 3 heterocycles. The summed E-state index contributed by atoms with van der Waals surface area (Å²) >= 11 is 1.64. The molecule has 4 nitrogen and oxygen atoms in total. The number of rotatable bonds is 2. The molecule has 2 aliphatic rings. The van der Waals surface area contributed by atoms with Gasteiger partial charge in [-0.25, -0.2) is 4.98 Å². The summed E-state index contributed by atoms with van der Waals surface area (Å²) < 4.78 is 5.99. The number of para-hydroxylation sites is 1. The van der Waals surface area contributed by atoms with Gasteiger partial charge in [-0.3, -0.25) is 4.79 Å². The number of hydrogen-bond acceptors (Lipinski definition) is 4. The summed E-state index contributed by atoms with van der Waals surface area (Å²) in [7, 11) is 0. The molecule has 1 saturated heterocycles. The quantitative estimate of drug-likeness (QED) is 0.843. The van der Waals surface area contributed by atoms with Crippen molar-refractivity contribution in [3.8, 4) is 5.75 Å². The molecule has 5 heteroatoms. The molecule has 1 aromatic heterocycles. The molecule has 0 spiro atoms. The van der Waals surface area contributed by atoms with Gasteiger partial charge in [0.2, 0.25) is 0 Å². The smallest absolute Gasteiger partial charge is 0.264 e. The number of nitrogens with zero attached hydrogens (tertiary/aromatic N) is 2. The van der Waals surface area contributed by atoms with E-state index in [1.807, 2.05) is 34.7 Å². The van der Waals surface area contributed by atoms with Crippen molar-refractivity contribution in [3.05, 3.63) is 46.4 Å². The Morgan fingerprint density at radius 1 is 1.35 bits per heavy atom. The molecule has 1 fully saturated rings. The molecule has 0 saturated carbocycles. The van der Waals surface area contributed by atoms with E-state index < -0.39 is 6.10 Å². The Morgan fingerprint density at radius 3 is 3.00 bits per heavy atom. The van der Waals surface area contributed by atoms with E-state index in [1.165, 1.54) is 0 Å². The largest absolute Gasteiger partial charge is 0.480 e. The van der Waals surface area contributed by atoms with E-state index in [-0.39, 0.29) is 17.9 Å². The number of amides is 1. The van der Waals surface area contributed by atoms with Crippen LogP contribution in [-0.2, 0) is 4.79 Å². The lowest BCUT2D eigenvalue weighted by Crippen LogP contribution is -2.46. The van der Waals surface area contributed by atoms with Crippen molar-refractivity contribution < 1.29 is 9.53 Å². The number of piperidine rings is 1. The number of carbonyl (C=O) groups is 1. The lowest BCUT2D eigenvalue weighted by molar-refractivity contribution is -0.142. The second-order valence-corrected chi connectivity index (χ2v) is 7.20. The minimum Gasteiger partial charge on any atom is -0.480 e. The third-order valence-electron chi connectivity index (χ3n) is 4.88. The molecular weight excluding hydrogens is 308 g/mol. The van der Waals surface area contributed by atoms with Crippen LogP contribution in [0.3, 0.4) is 0 Å². The van der Waals surface area contributed by atoms with Gasteiger partial charge in [0.15, 0.2) is 6.10 Å². The topological polar surface area (TPSA) is 42.4 Å². The summed E-state index contributed by atoms with van der Waals surface area (Å²) in [5.74, 6) is 1.05. The van der Waals surface area contributed by atoms with E-state index in [2.05, 4.69) is 18.0 Å². The maximum absolute atomic E-state index is 13.2. The SMILES string of the molecule is C[C@@H]1c2ccccc2O[C@@H]1C(=O)N1CCCC[C@@H]1c1nccs1. The predicted octanol–water partition coefficient (Wildman–Crippen LogP) is 3.76. The predicted molar refractivity (Wildman–Crippen MR) is 89.7 cm³/mol. The van der Waals surface area contributed by atoms with Crippen LogP contribution in [0.25, 0.3) is 0 Å². The fraction of sp³-hybridized carbons (Fsp3) is 0.444. The second kappa shape index (κ2) is 5.96. The fourth-order valence-electron chi connectivity index (χ4n) is 3.64. The van der Waals surface area contributed by atoms with Gasteiger partial charge in [-0.05, 0) is 25.3 Å². The average Bonchev–Trinajstić information content (AvgIpc) is 3.23. The van der Waals surface area contributed by atoms with Crippen molar-refractivity contribution in [1.82, 2.24) is 9.88 Å². The maximum Gasteiger partial charge on any atom is 0.264 e. The van der Waals surface area contributed by atoms with Gasteiger partial charge in [-0.1, -0.05) is 25.1 Å². The van der Waals surface area contributed by atoms with Crippen LogP contribution in [0, 0.1) is 0 Å². The van der Waals surface area contributed by atoms with Crippen LogP contribution in [0.1, 0.15) is 48.7 Å². The van der Waals surface area contributed by atoms with Crippen LogP contribution < -0.4 is 4.74 Å². The van der Waals surface area contributed by atoms with Gasteiger partial charge in [0, 0.05) is 29.6 Å². The van der Waals surface area contributed by atoms with E-state index in [4.69, 9.17) is 4.74 Å². The third kappa shape index (κ3) is 2.53. The van der Waals surface area contributed by atoms with Gasteiger partial charge >= 0.3 is 0 Å². The Kier molecular flexibility index (Phi) is 3.81. The first-order valence-electron chi connectivity index (χ1n) is 8.21. The molecular formula is C18H20N2O2S. The molecule has 2 aliphatic heterocycles. The van der Waals surface area contributed by atoms with Crippen LogP contribution in [0.2, 0.25) is 0 Å². The molecule has 23 heavy (non-hydrogen) atoms. The van der Waals surface area contributed by atoms with Gasteiger partial charge in [0.1, 0.15) is 10.8 Å². The molecule has 0 N–H and O–H groups in total. The van der Waals surface area contributed by atoms with E-state index in [0.717, 1.165) is 42.1 Å². The van der Waals surface area contributed by atoms with Gasteiger partial charge in [0.05, 0.1) is 6.04 Å². The molecule has 0 bridgehead atoms. The van der Waals surface area contributed by atoms with Crippen LogP contribution in [0.4, 0.5) is 0 Å². The number of likely N-dealkylation sites (tertiary alicyclic amines) is 1. The summed E-state index contributed by atoms with van der Waals surface area (Å²) in [4.78, 5) is 19.6. The summed E-state index contributed by atoms with van der Waals surface area (Å²) in [6.45, 7) is 2.88. The van der Waals surface area contributed by atoms with Crippen LogP contribution in [0.5, 0.6) is 5.75 Å². The monoisotopic (exact) mass is 328 g/mol. The Morgan fingerprint density at radius 2 is 2.22 bits per heavy atom. The van der Waals surface area contributed by atoms with Crippen LogP contribution in [0.15, 0.2) is 35.8 Å². The lowest BCUT2D eigenvalue weighted by Gasteiger charge is -2.36. The second-order valence-electron chi connectivity index (χ2n) is 6.28. The molecule has 4 rings (SSSR count). The van der Waals surface area contributed by atoms with E-state index >= 15 is 0 Å². The Balaban J connectivity index is 1.59. The molecule has 1 amide bonds. The van der Waals surface area contributed by atoms with E-state index in [9.17, 15) is 4.79 Å². The number of carbonyl (C=O) groups excluding carboxylic acids is 1. The highest BCUT2D eigenvalue weighted by Crippen LogP contribution is 2.40. The van der Waals surface area contributed by atoms with Crippen molar-refractivity contribution in [2.24, 2.45) is 0 Å². The van der Waals surface area contributed by atoms with Crippen molar-refractivity contribution in [3.63, 3.8) is 0 Å². The van der Waals surface area contributed by atoms with Crippen molar-refractivity contribution in [2.75, 3.05) is 6.54 Å². The van der Waals surface area contributed by atoms with Gasteiger partial charge in [0.25, 0.3) is 5.91 Å². The number of ether oxygens (including phenoxy) is 1. The van der Waals surface area contributed by atoms with Gasteiger partial charge < -0.3 is 9.64 Å². The maximum atomic E-state index is 13.2. The van der Waals surface area contributed by atoms with Gasteiger partial charge in [-0.2, -0.15) is 0 Å². The van der Waals surface area contributed by atoms with Crippen molar-refractivity contribution >= 4 is 17.2 Å². The molecule has 0 unspecified atom stereocenters. The van der Waals surface area contributed by atoms with Crippen molar-refractivity contribution in [1.29, 1.82) is 0 Å². The minimum absolute atomic E-state index is 0.0950. The first kappa shape index (κ1) is 14.7. The first-order valence-corrected chi connectivity index (χ1v) is 9.09. The molecule has 0 radical (unpaired) electrons. The summed E-state index contributed by atoms with van der Waals surface area (Å²) in [5, 5.41) is 3.03. The highest BCUT2D eigenvalue weighted by atomic mass is 32.1. The van der Waals surface area contributed by atoms with E-state index in [0.29, 0.717) is 0 Å². The van der Waals surface area contributed by atoms with Crippen LogP contribution in [-0.4, -0.2) is 28.4 Å². The number of benzene rings is 1. The highest BCUT2D eigenvalue weighted by molar-refractivity contribution is 7.09. The standard InChI is InChI=1S/C18H20N2O2S/c1-12-13-6-2-3-8-15(13)22-16(12)18(21)20-10-5-4-7-14(20)17-19-9-11-23-17/h2-3,6,8-9,11-12,14,16H,4-5,7,10H2,1H3/t12-,14-,16+/m1/s1. The Bertz CT molecular complexity index is 701. The summed E-state index contributed by atoms with van der Waals surface area (Å²) in [6, 6.07) is 8.08. The first-order chi connectivity index (χ1) is 11.3. The minimum atomic E-state index is -0.409. The van der Waals surface area contributed by atoms with E-state index in [1.54, 1.807) is 11.3 Å². The molecule has 2 aromatic rings. The molecule has 3 atom stereocenters. The molecule has 0 aliphatic carbocycles. The van der Waals surface area contributed by atoms with Crippen LogP contribution >= 0.6 is 11.3 Å². The fourth-order valence-corrected chi connectivity index (χ4v) is 4.43. The number of aromatic nitrogens is 1. The summed E-state index contributed by atoms with van der Waals surface area (Å²) in [5.41, 5.74) is 1.13. The Hall–Kier alpha value is -1.88. The third-order valence-corrected chi connectivity index (χ3v) is 5.76. The highest BCUT2D eigenvalue weighted by Gasteiger charge is 2.41. The average molecular weight is 328 g/mol. The van der Waals surface area contributed by atoms with Gasteiger partial charge in [-0.15, -0.1) is 11.3 Å². The number of fused-ring (bicyclic) bond motifs is 1. The Labute approximate surface area is 140 Å². The zero-order valence-corrected chi connectivity index (χ0v) is 14.0. The number of thiazole rings is 1. The van der Waals surface area contributed by atoms with Crippen molar-refractivity contribution in [2.45, 2.75) is 44.2 Å². The zero-order chi connectivity index (χ0) is 15.8.